The van der Waals surface area contributed by atoms with Gasteiger partial charge in [0.25, 0.3) is 5.91 Å². The summed E-state index contributed by atoms with van der Waals surface area (Å²) < 4.78 is 34.1. The first-order chi connectivity index (χ1) is 16.5. The van der Waals surface area contributed by atoms with E-state index >= 15 is 0 Å². The molecule has 1 atom stereocenters. The highest BCUT2D eigenvalue weighted by molar-refractivity contribution is 5.98. The highest BCUT2D eigenvalue weighted by Gasteiger charge is 2.38. The summed E-state index contributed by atoms with van der Waals surface area (Å²) in [5.74, 6) is -0.849. The van der Waals surface area contributed by atoms with Crippen LogP contribution in [0.5, 0.6) is 5.88 Å². The molecule has 2 aromatic heterocycles. The third kappa shape index (κ3) is 3.79. The van der Waals surface area contributed by atoms with Crippen molar-refractivity contribution in [2.24, 2.45) is 0 Å². The molecule has 5 rings (SSSR count). The Balaban J connectivity index is 1.66. The number of aryl methyl sites for hydroxylation is 1. The number of aromatic nitrogens is 4. The molecule has 0 fully saturated rings. The Morgan fingerprint density at radius 1 is 1.18 bits per heavy atom. The monoisotopic (exact) mass is 461 g/mol. The van der Waals surface area contributed by atoms with Crippen LogP contribution in [0.25, 0.3) is 11.3 Å². The van der Waals surface area contributed by atoms with E-state index in [-0.39, 0.29) is 18.3 Å². The van der Waals surface area contributed by atoms with Crippen molar-refractivity contribution in [3.05, 3.63) is 94.6 Å². The van der Waals surface area contributed by atoms with Gasteiger partial charge in [-0.15, -0.1) is 0 Å². The molecule has 0 unspecified atom stereocenters. The van der Waals surface area contributed by atoms with Crippen LogP contribution in [0.2, 0.25) is 0 Å². The molecule has 2 aromatic carbocycles. The minimum atomic E-state index is -0.536. The number of ether oxygens (including phenoxy) is 1. The van der Waals surface area contributed by atoms with Crippen LogP contribution >= 0.6 is 0 Å². The summed E-state index contributed by atoms with van der Waals surface area (Å²) in [4.78, 5) is 23.8. The number of H-pyrrole nitrogens is 1. The molecule has 34 heavy (non-hydrogen) atoms. The number of halogens is 2. The second-order valence-electron chi connectivity index (χ2n) is 8.09. The Morgan fingerprint density at radius 2 is 2.00 bits per heavy atom. The lowest BCUT2D eigenvalue weighted by Crippen LogP contribution is -2.40. The van der Waals surface area contributed by atoms with Crippen molar-refractivity contribution in [3.63, 3.8) is 0 Å². The van der Waals surface area contributed by atoms with E-state index in [2.05, 4.69) is 20.2 Å². The Morgan fingerprint density at radius 3 is 2.79 bits per heavy atom. The fourth-order valence-corrected chi connectivity index (χ4v) is 4.38. The van der Waals surface area contributed by atoms with E-state index in [4.69, 9.17) is 4.74 Å². The molecule has 0 aliphatic carbocycles. The lowest BCUT2D eigenvalue weighted by atomic mass is 9.88. The molecular formula is C25H21F2N5O2. The molecule has 0 spiro atoms. The van der Waals surface area contributed by atoms with Crippen molar-refractivity contribution in [1.82, 2.24) is 25.1 Å². The first-order valence-electron chi connectivity index (χ1n) is 10.7. The van der Waals surface area contributed by atoms with Gasteiger partial charge < -0.3 is 9.64 Å². The van der Waals surface area contributed by atoms with Crippen LogP contribution in [0.15, 0.2) is 54.9 Å². The van der Waals surface area contributed by atoms with Gasteiger partial charge >= 0.3 is 0 Å². The number of hydrogen-bond donors (Lipinski definition) is 1. The number of fused-ring (bicyclic) bond motifs is 1. The van der Waals surface area contributed by atoms with Gasteiger partial charge in [-0.2, -0.15) is 5.10 Å². The van der Waals surface area contributed by atoms with Gasteiger partial charge in [-0.1, -0.05) is 24.3 Å². The number of carbonyl (C=O) groups is 1. The zero-order valence-electron chi connectivity index (χ0n) is 18.5. The predicted octanol–water partition coefficient (Wildman–Crippen LogP) is 4.40. The van der Waals surface area contributed by atoms with Gasteiger partial charge in [-0.05, 0) is 30.7 Å². The quantitative estimate of drug-likeness (QED) is 0.476. The van der Waals surface area contributed by atoms with Crippen LogP contribution in [0.4, 0.5) is 8.78 Å². The van der Waals surface area contributed by atoms with Crippen molar-refractivity contribution in [2.75, 3.05) is 7.11 Å². The third-order valence-corrected chi connectivity index (χ3v) is 6.03. The lowest BCUT2D eigenvalue weighted by molar-refractivity contribution is 0.0625. The van der Waals surface area contributed by atoms with E-state index in [1.165, 1.54) is 37.7 Å². The molecule has 7 nitrogen and oxygen atoms in total. The SMILES string of the molecule is COc1cncc(-c2cc(F)ccc2[C@H]2Cc3n[nH]c(C)c3C(=O)N2Cc2ccccc2F)n1. The largest absolute Gasteiger partial charge is 0.480 e. The molecule has 0 saturated carbocycles. The van der Waals surface area contributed by atoms with Gasteiger partial charge in [0.1, 0.15) is 11.6 Å². The number of hydrogen-bond acceptors (Lipinski definition) is 5. The number of nitrogens with one attached hydrogen (secondary N) is 1. The number of aromatic amines is 1. The molecule has 0 radical (unpaired) electrons. The minimum Gasteiger partial charge on any atom is -0.480 e. The number of benzene rings is 2. The summed E-state index contributed by atoms with van der Waals surface area (Å²) in [6.07, 6.45) is 3.34. The Kier molecular flexibility index (Phi) is 5.53. The zero-order chi connectivity index (χ0) is 23.8. The smallest absolute Gasteiger partial charge is 0.258 e. The molecule has 1 aliphatic rings. The first-order valence-corrected chi connectivity index (χ1v) is 10.7. The van der Waals surface area contributed by atoms with E-state index in [1.54, 1.807) is 36.1 Å². The predicted molar refractivity (Wildman–Crippen MR) is 120 cm³/mol. The van der Waals surface area contributed by atoms with Crippen molar-refractivity contribution < 1.29 is 18.3 Å². The van der Waals surface area contributed by atoms with Crippen molar-refractivity contribution in [3.8, 4) is 17.1 Å². The van der Waals surface area contributed by atoms with E-state index in [0.717, 1.165) is 0 Å². The van der Waals surface area contributed by atoms with Crippen molar-refractivity contribution >= 4 is 5.91 Å². The van der Waals surface area contributed by atoms with Gasteiger partial charge in [-0.3, -0.25) is 14.9 Å². The average molecular weight is 461 g/mol. The maximum Gasteiger partial charge on any atom is 0.258 e. The maximum absolute atomic E-state index is 14.6. The summed E-state index contributed by atoms with van der Waals surface area (Å²) in [6, 6.07) is 10.1. The molecule has 4 aromatic rings. The summed E-state index contributed by atoms with van der Waals surface area (Å²) >= 11 is 0. The highest BCUT2D eigenvalue weighted by Crippen LogP contribution is 2.39. The van der Waals surface area contributed by atoms with E-state index in [1.807, 2.05) is 0 Å². The molecule has 1 N–H and O–H groups in total. The summed E-state index contributed by atoms with van der Waals surface area (Å²) in [5, 5.41) is 7.20. The van der Waals surface area contributed by atoms with Gasteiger partial charge in [-0.25, -0.2) is 13.8 Å². The van der Waals surface area contributed by atoms with E-state index < -0.39 is 17.7 Å². The molecule has 0 saturated heterocycles. The van der Waals surface area contributed by atoms with Crippen molar-refractivity contribution in [2.45, 2.75) is 25.9 Å². The summed E-state index contributed by atoms with van der Waals surface area (Å²) in [5.41, 5.74) is 3.65. The number of methoxy groups -OCH3 is 1. The molecule has 172 valence electrons. The second-order valence-corrected chi connectivity index (χ2v) is 8.09. The van der Waals surface area contributed by atoms with Gasteiger partial charge in [0.2, 0.25) is 5.88 Å². The highest BCUT2D eigenvalue weighted by atomic mass is 19.1. The number of carbonyl (C=O) groups excluding carboxylic acids is 1. The van der Waals surface area contributed by atoms with Gasteiger partial charge in [0, 0.05) is 29.8 Å². The first kappa shape index (κ1) is 21.7. The number of nitrogens with zero attached hydrogens (tertiary/aromatic N) is 4. The zero-order valence-corrected chi connectivity index (χ0v) is 18.5. The van der Waals surface area contributed by atoms with Gasteiger partial charge in [0.05, 0.1) is 42.5 Å². The number of amides is 1. The second kappa shape index (κ2) is 8.66. The lowest BCUT2D eigenvalue weighted by Gasteiger charge is -2.36. The maximum atomic E-state index is 14.6. The van der Waals surface area contributed by atoms with Crippen LogP contribution in [-0.4, -0.2) is 38.1 Å². The van der Waals surface area contributed by atoms with Crippen LogP contribution in [0.3, 0.4) is 0 Å². The molecule has 1 amide bonds. The van der Waals surface area contributed by atoms with Crippen LogP contribution in [0.1, 0.15) is 38.9 Å². The Bertz CT molecular complexity index is 1390. The average Bonchev–Trinajstić information content (AvgIpc) is 3.22. The standard InChI is InChI=1S/C25H21F2N5O2/c1-14-24-20(31-30-14)10-22(32(25(24)33)13-15-5-3-4-6-19(15)27)17-8-7-16(26)9-18(17)21-11-28-12-23(29-21)34-2/h3-9,11-12,22H,10,13H2,1-2H3,(H,30,31)/t22-/m1/s1. The van der Waals surface area contributed by atoms with E-state index in [9.17, 15) is 13.6 Å². The van der Waals surface area contributed by atoms with Crippen LogP contribution in [-0.2, 0) is 13.0 Å². The molecule has 3 heterocycles. The van der Waals surface area contributed by atoms with E-state index in [0.29, 0.717) is 45.8 Å². The molecular weight excluding hydrogens is 440 g/mol. The van der Waals surface area contributed by atoms with Crippen LogP contribution in [0, 0.1) is 18.6 Å². The topological polar surface area (TPSA) is 84.0 Å². The normalized spacial score (nSPS) is 15.4. The summed E-state index contributed by atoms with van der Waals surface area (Å²) in [7, 11) is 1.47. The fourth-order valence-electron chi connectivity index (χ4n) is 4.38. The van der Waals surface area contributed by atoms with Crippen LogP contribution < -0.4 is 4.74 Å². The minimum absolute atomic E-state index is 0.0425. The molecule has 0 bridgehead atoms. The fraction of sp³-hybridized carbons (Fsp3) is 0.200. The van der Waals surface area contributed by atoms with Crippen molar-refractivity contribution in [1.29, 1.82) is 0 Å². The third-order valence-electron chi connectivity index (χ3n) is 6.03. The Hall–Kier alpha value is -4.14. The molecule has 9 heteroatoms. The Labute approximate surface area is 194 Å². The van der Waals surface area contributed by atoms with Gasteiger partial charge in [0.15, 0.2) is 0 Å². The molecule has 1 aliphatic heterocycles. The number of rotatable bonds is 5. The summed E-state index contributed by atoms with van der Waals surface area (Å²) in [6.45, 7) is 1.82.